The average Bonchev–Trinajstić information content (AvgIpc) is 3.01. The topological polar surface area (TPSA) is 65.1 Å². The lowest BCUT2D eigenvalue weighted by atomic mass is 10.1. The maximum absolute atomic E-state index is 14.2. The number of nitrogens with one attached hydrogen (secondary N) is 3. The number of fused-ring (bicyclic) bond motifs is 1. The molecule has 28 heavy (non-hydrogen) atoms. The van der Waals surface area contributed by atoms with Gasteiger partial charge in [0, 0.05) is 18.2 Å². The van der Waals surface area contributed by atoms with Gasteiger partial charge < -0.3 is 20.9 Å². The van der Waals surface area contributed by atoms with E-state index in [0.717, 1.165) is 41.9 Å². The molecule has 0 saturated carbocycles. The molecule has 0 amide bonds. The molecule has 3 N–H and O–H groups in total. The third-order valence-corrected chi connectivity index (χ3v) is 5.86. The Hall–Kier alpha value is -2.29. The molecule has 0 radical (unpaired) electrons. The molecule has 0 spiro atoms. The Labute approximate surface area is 167 Å². The van der Waals surface area contributed by atoms with Crippen molar-refractivity contribution in [3.8, 4) is 0 Å². The maximum Gasteiger partial charge on any atom is 0.224 e. The Kier molecular flexibility index (Phi) is 5.43. The predicted octanol–water partition coefficient (Wildman–Crippen LogP) is 4.10. The van der Waals surface area contributed by atoms with E-state index in [1.165, 1.54) is 12.1 Å². The summed E-state index contributed by atoms with van der Waals surface area (Å²) in [5.74, 6) is 2.31. The van der Waals surface area contributed by atoms with Crippen LogP contribution in [-0.4, -0.2) is 39.8 Å². The van der Waals surface area contributed by atoms with E-state index < -0.39 is 11.6 Å². The highest BCUT2D eigenvalue weighted by Crippen LogP contribution is 2.38. The second-order valence-corrected chi connectivity index (χ2v) is 8.52. The molecule has 6 nitrogen and oxygen atoms in total. The number of hydrogen-bond donors (Lipinski definition) is 3. The largest absolute Gasteiger partial charge is 0.352 e. The van der Waals surface area contributed by atoms with Crippen LogP contribution in [0.5, 0.6) is 0 Å². The van der Waals surface area contributed by atoms with Crippen LogP contribution >= 0.6 is 11.8 Å². The fourth-order valence-electron chi connectivity index (χ4n) is 3.54. The van der Waals surface area contributed by atoms with E-state index in [9.17, 15) is 8.78 Å². The van der Waals surface area contributed by atoms with Crippen LogP contribution in [0.25, 0.3) is 0 Å². The molecule has 1 atom stereocenters. The number of nitrogens with zero attached hydrogens (tertiary/aromatic N) is 3. The van der Waals surface area contributed by atoms with Crippen molar-refractivity contribution < 1.29 is 8.78 Å². The monoisotopic (exact) mass is 406 g/mol. The fraction of sp³-hybridized carbons (Fsp3) is 0.474. The molecule has 3 heterocycles. The zero-order valence-corrected chi connectivity index (χ0v) is 16.7. The van der Waals surface area contributed by atoms with E-state index in [1.807, 2.05) is 25.6 Å². The van der Waals surface area contributed by atoms with Crippen LogP contribution in [0.2, 0.25) is 0 Å². The second kappa shape index (κ2) is 7.98. The van der Waals surface area contributed by atoms with E-state index in [4.69, 9.17) is 4.98 Å². The highest BCUT2D eigenvalue weighted by atomic mass is 32.2. The van der Waals surface area contributed by atoms with Crippen LogP contribution in [-0.2, 0) is 0 Å². The maximum atomic E-state index is 14.2. The molecule has 1 aromatic heterocycles. The van der Waals surface area contributed by atoms with Crippen molar-refractivity contribution >= 4 is 34.9 Å². The molecule has 1 fully saturated rings. The lowest BCUT2D eigenvalue weighted by molar-refractivity contribution is 0.528. The van der Waals surface area contributed by atoms with Gasteiger partial charge in [-0.2, -0.15) is 16.7 Å². The second-order valence-electron chi connectivity index (χ2n) is 7.30. The lowest BCUT2D eigenvalue weighted by Crippen LogP contribution is -2.49. The highest BCUT2D eigenvalue weighted by molar-refractivity contribution is 7.99. The first-order valence-corrected chi connectivity index (χ1v) is 10.6. The number of halogens is 2. The van der Waals surface area contributed by atoms with E-state index in [2.05, 4.69) is 25.8 Å². The predicted molar refractivity (Wildman–Crippen MR) is 111 cm³/mol. The summed E-state index contributed by atoms with van der Waals surface area (Å²) in [5.41, 5.74) is 1.04. The highest BCUT2D eigenvalue weighted by Gasteiger charge is 2.37. The zero-order valence-electron chi connectivity index (χ0n) is 15.9. The minimum absolute atomic E-state index is 0.217. The number of anilines is 4. The van der Waals surface area contributed by atoms with E-state index in [0.29, 0.717) is 5.95 Å². The van der Waals surface area contributed by atoms with Crippen LogP contribution in [0.4, 0.5) is 31.9 Å². The number of rotatable bonds is 5. The van der Waals surface area contributed by atoms with Crippen LogP contribution < -0.4 is 20.9 Å². The van der Waals surface area contributed by atoms with E-state index >= 15 is 0 Å². The average molecular weight is 407 g/mol. The summed E-state index contributed by atoms with van der Waals surface area (Å²) in [4.78, 5) is 11.3. The third-order valence-electron chi connectivity index (χ3n) is 4.81. The van der Waals surface area contributed by atoms with Crippen molar-refractivity contribution in [2.75, 3.05) is 32.4 Å². The summed E-state index contributed by atoms with van der Waals surface area (Å²) >= 11 is 1.95. The molecule has 4 rings (SSSR count). The number of aromatic nitrogens is 2. The fourth-order valence-corrected chi connectivity index (χ4v) is 4.63. The van der Waals surface area contributed by atoms with Gasteiger partial charge >= 0.3 is 0 Å². The quantitative estimate of drug-likeness (QED) is 0.691. The molecule has 150 valence electrons. The van der Waals surface area contributed by atoms with Crippen molar-refractivity contribution in [1.82, 2.24) is 9.97 Å². The van der Waals surface area contributed by atoms with Crippen LogP contribution in [0.15, 0.2) is 24.4 Å². The molecular weight excluding hydrogens is 382 g/mol. The molecule has 0 bridgehead atoms. The summed E-state index contributed by atoms with van der Waals surface area (Å²) < 4.78 is 27.5. The standard InChI is InChI=1S/C19H24F2N6S/c1-11(2)23-18-22-10-16-17(26-18)27(13-5-7-28-8-6-13)19(25-16)24-15-4-3-12(20)9-14(15)21/h3-4,9-11,13,19,24-25H,5-8H2,1-2H3,(H,22,23,26). The lowest BCUT2D eigenvalue weighted by Gasteiger charge is -2.36. The Morgan fingerprint density at radius 3 is 2.75 bits per heavy atom. The summed E-state index contributed by atoms with van der Waals surface area (Å²) in [7, 11) is 0. The first-order valence-electron chi connectivity index (χ1n) is 9.49. The minimum Gasteiger partial charge on any atom is -0.352 e. The van der Waals surface area contributed by atoms with Gasteiger partial charge in [0.05, 0.1) is 17.6 Å². The molecule has 1 unspecified atom stereocenters. The minimum atomic E-state index is -0.620. The van der Waals surface area contributed by atoms with Crippen molar-refractivity contribution in [3.05, 3.63) is 36.0 Å². The van der Waals surface area contributed by atoms with Gasteiger partial charge in [-0.3, -0.25) is 0 Å². The van der Waals surface area contributed by atoms with E-state index in [1.54, 1.807) is 6.20 Å². The Balaban J connectivity index is 1.65. The van der Waals surface area contributed by atoms with Gasteiger partial charge in [0.1, 0.15) is 11.6 Å². The van der Waals surface area contributed by atoms with Crippen molar-refractivity contribution in [1.29, 1.82) is 0 Å². The number of hydrogen-bond acceptors (Lipinski definition) is 7. The summed E-state index contributed by atoms with van der Waals surface area (Å²) in [5, 5.41) is 9.75. The molecule has 1 aromatic carbocycles. The first-order chi connectivity index (χ1) is 13.5. The van der Waals surface area contributed by atoms with Gasteiger partial charge in [0.2, 0.25) is 5.95 Å². The van der Waals surface area contributed by atoms with Crippen LogP contribution in [0.1, 0.15) is 26.7 Å². The SMILES string of the molecule is CC(C)Nc1ncc2c(n1)N(C1CCSCC1)C(Nc1ccc(F)cc1F)N2. The first kappa shape index (κ1) is 19.0. The van der Waals surface area contributed by atoms with Gasteiger partial charge in [-0.25, -0.2) is 13.8 Å². The summed E-state index contributed by atoms with van der Waals surface area (Å²) in [6.07, 6.45) is 3.41. The summed E-state index contributed by atoms with van der Waals surface area (Å²) in [6, 6.07) is 4.05. The van der Waals surface area contributed by atoms with Crippen molar-refractivity contribution in [2.45, 2.75) is 45.1 Å². The molecule has 2 aliphatic heterocycles. The third kappa shape index (κ3) is 3.94. The molecule has 9 heteroatoms. The van der Waals surface area contributed by atoms with Gasteiger partial charge in [0.25, 0.3) is 0 Å². The van der Waals surface area contributed by atoms with Gasteiger partial charge in [-0.15, -0.1) is 0 Å². The molecule has 2 aliphatic rings. The Morgan fingerprint density at radius 2 is 2.04 bits per heavy atom. The molecule has 0 aliphatic carbocycles. The number of benzene rings is 1. The van der Waals surface area contributed by atoms with Crippen LogP contribution in [0.3, 0.4) is 0 Å². The smallest absolute Gasteiger partial charge is 0.224 e. The normalized spacial score (nSPS) is 19.5. The molecular formula is C19H24F2N6S. The van der Waals surface area contributed by atoms with Crippen LogP contribution in [0, 0.1) is 11.6 Å². The van der Waals surface area contributed by atoms with Crippen molar-refractivity contribution in [2.24, 2.45) is 0 Å². The van der Waals surface area contributed by atoms with Crippen molar-refractivity contribution in [3.63, 3.8) is 0 Å². The summed E-state index contributed by atoms with van der Waals surface area (Å²) in [6.45, 7) is 4.07. The molecule has 2 aromatic rings. The van der Waals surface area contributed by atoms with Gasteiger partial charge in [-0.05, 0) is 50.3 Å². The number of thioether (sulfide) groups is 1. The Bertz CT molecular complexity index is 843. The van der Waals surface area contributed by atoms with Gasteiger partial charge in [0.15, 0.2) is 12.1 Å². The Morgan fingerprint density at radius 1 is 1.25 bits per heavy atom. The zero-order chi connectivity index (χ0) is 19.7. The van der Waals surface area contributed by atoms with E-state index in [-0.39, 0.29) is 24.1 Å². The van der Waals surface area contributed by atoms with Gasteiger partial charge in [-0.1, -0.05) is 0 Å². The molecule has 1 saturated heterocycles.